The van der Waals surface area contributed by atoms with Gasteiger partial charge in [-0.25, -0.2) is 0 Å². The molecule has 6 heteroatoms. The minimum atomic E-state index is -0.223. The highest BCUT2D eigenvalue weighted by Gasteiger charge is 2.35. The molecule has 0 aromatic heterocycles. The third kappa shape index (κ3) is 4.62. The fourth-order valence-corrected chi connectivity index (χ4v) is 6.79. The van der Waals surface area contributed by atoms with Crippen molar-refractivity contribution in [2.24, 2.45) is 5.92 Å². The van der Waals surface area contributed by atoms with Gasteiger partial charge in [0.25, 0.3) is 5.91 Å². The van der Waals surface area contributed by atoms with E-state index in [0.717, 1.165) is 42.6 Å². The Morgan fingerprint density at radius 2 is 1.81 bits per heavy atom. The van der Waals surface area contributed by atoms with Gasteiger partial charge in [-0.2, -0.15) is 0 Å². The number of ether oxygens (including phenoxy) is 1. The van der Waals surface area contributed by atoms with Crippen LogP contribution in [0.1, 0.15) is 61.7 Å². The summed E-state index contributed by atoms with van der Waals surface area (Å²) in [6.45, 7) is 2.20. The molecule has 37 heavy (non-hydrogen) atoms. The molecule has 6 nitrogen and oxygen atoms in total. The van der Waals surface area contributed by atoms with Gasteiger partial charge >= 0.3 is 0 Å². The number of hydrogen-bond donors (Lipinski definition) is 1. The van der Waals surface area contributed by atoms with Gasteiger partial charge in [0.2, 0.25) is 0 Å². The van der Waals surface area contributed by atoms with Crippen LogP contribution in [-0.4, -0.2) is 55.9 Å². The molecule has 1 atom stereocenters. The maximum Gasteiger partial charge on any atom is 0.255 e. The Morgan fingerprint density at radius 3 is 2.62 bits per heavy atom. The van der Waals surface area contributed by atoms with E-state index >= 15 is 0 Å². The number of fused-ring (bicyclic) bond motifs is 1. The second-order valence-corrected chi connectivity index (χ2v) is 11.0. The van der Waals surface area contributed by atoms with Gasteiger partial charge in [-0.1, -0.05) is 43.2 Å². The summed E-state index contributed by atoms with van der Waals surface area (Å²) in [5.74, 6) is 0.501. The van der Waals surface area contributed by atoms with Crippen molar-refractivity contribution in [3.8, 4) is 16.9 Å². The Labute approximate surface area is 219 Å². The van der Waals surface area contributed by atoms with Crippen LogP contribution in [0.15, 0.2) is 53.7 Å². The number of anilines is 1. The third-order valence-corrected chi connectivity index (χ3v) is 8.68. The van der Waals surface area contributed by atoms with Crippen LogP contribution in [0, 0.1) is 5.92 Å². The molecule has 2 aromatic carbocycles. The summed E-state index contributed by atoms with van der Waals surface area (Å²) < 4.78 is 6.18. The number of Topliss-reactive ketones (excluding diaryl/α,β-unsaturated/α-hetero) is 1. The number of amides is 1. The Bertz CT molecular complexity index is 1220. The zero-order chi connectivity index (χ0) is 25.4. The SMILES string of the molecule is CN1CC(=O)C(CNC(=O)c2cc(-c3ccccc3)cc3c2OCCN3C2CCCC2)C2=C1CCCC2. The fourth-order valence-electron chi connectivity index (χ4n) is 6.79. The van der Waals surface area contributed by atoms with E-state index in [1.807, 2.05) is 31.3 Å². The highest BCUT2D eigenvalue weighted by atomic mass is 16.5. The van der Waals surface area contributed by atoms with E-state index in [-0.39, 0.29) is 17.6 Å². The Hall–Kier alpha value is -3.28. The number of allylic oxidation sites excluding steroid dienone is 1. The first-order valence-corrected chi connectivity index (χ1v) is 14.0. The van der Waals surface area contributed by atoms with E-state index in [9.17, 15) is 9.59 Å². The molecule has 6 rings (SSSR count). The zero-order valence-electron chi connectivity index (χ0n) is 21.8. The summed E-state index contributed by atoms with van der Waals surface area (Å²) in [5.41, 5.74) is 6.23. The summed E-state index contributed by atoms with van der Waals surface area (Å²) in [5, 5.41) is 3.15. The Balaban J connectivity index is 1.32. The number of ketones is 1. The molecule has 1 amide bonds. The van der Waals surface area contributed by atoms with Crippen molar-refractivity contribution in [2.75, 3.05) is 38.2 Å². The van der Waals surface area contributed by atoms with Crippen LogP contribution >= 0.6 is 0 Å². The number of nitrogens with one attached hydrogen (secondary N) is 1. The smallest absolute Gasteiger partial charge is 0.255 e. The highest BCUT2D eigenvalue weighted by molar-refractivity contribution is 6.01. The Morgan fingerprint density at radius 1 is 1.03 bits per heavy atom. The molecule has 1 fully saturated rings. The monoisotopic (exact) mass is 499 g/mol. The second kappa shape index (κ2) is 10.2. The van der Waals surface area contributed by atoms with Crippen LogP contribution in [0.4, 0.5) is 5.69 Å². The molecule has 4 aliphatic rings. The summed E-state index contributed by atoms with van der Waals surface area (Å²) in [7, 11) is 2.02. The van der Waals surface area contributed by atoms with E-state index < -0.39 is 0 Å². The maximum absolute atomic E-state index is 13.8. The van der Waals surface area contributed by atoms with Crippen molar-refractivity contribution >= 4 is 17.4 Å². The average molecular weight is 500 g/mol. The van der Waals surface area contributed by atoms with E-state index in [4.69, 9.17) is 4.74 Å². The van der Waals surface area contributed by atoms with Crippen LogP contribution in [0.5, 0.6) is 5.75 Å². The predicted molar refractivity (Wildman–Crippen MR) is 146 cm³/mol. The molecule has 1 unspecified atom stereocenters. The van der Waals surface area contributed by atoms with Crippen LogP contribution in [0.2, 0.25) is 0 Å². The third-order valence-electron chi connectivity index (χ3n) is 8.68. The van der Waals surface area contributed by atoms with Crippen LogP contribution in [0.3, 0.4) is 0 Å². The predicted octanol–water partition coefficient (Wildman–Crippen LogP) is 5.18. The first-order valence-electron chi connectivity index (χ1n) is 14.0. The minimum absolute atomic E-state index is 0.160. The second-order valence-electron chi connectivity index (χ2n) is 11.0. The molecule has 194 valence electrons. The summed E-state index contributed by atoms with van der Waals surface area (Å²) in [6.07, 6.45) is 9.15. The molecule has 0 bridgehead atoms. The first-order chi connectivity index (χ1) is 18.1. The van der Waals surface area contributed by atoms with Crippen molar-refractivity contribution in [3.05, 3.63) is 59.3 Å². The largest absolute Gasteiger partial charge is 0.489 e. The molecule has 2 heterocycles. The molecule has 0 saturated heterocycles. The quantitative estimate of drug-likeness (QED) is 0.614. The lowest BCUT2D eigenvalue weighted by atomic mass is 9.81. The molecule has 2 aromatic rings. The molecule has 1 saturated carbocycles. The maximum atomic E-state index is 13.8. The molecular formula is C31H37N3O3. The van der Waals surface area contributed by atoms with Gasteiger partial charge < -0.3 is 19.9 Å². The standard InChI is InChI=1S/C31H37N3O3/c1-33-20-29(35)26(24-13-7-8-14-27(24)33)19-32-31(36)25-17-22(21-9-3-2-4-10-21)18-28-30(25)37-16-15-34(28)23-11-5-6-12-23/h2-4,9-10,17-18,23,26H,5-8,11-16,19-20H2,1H3,(H,32,36). The van der Waals surface area contributed by atoms with Gasteiger partial charge in [0.05, 0.1) is 30.3 Å². The van der Waals surface area contributed by atoms with Crippen LogP contribution in [-0.2, 0) is 4.79 Å². The topological polar surface area (TPSA) is 61.9 Å². The fraction of sp³-hybridized carbons (Fsp3) is 0.484. The summed E-state index contributed by atoms with van der Waals surface area (Å²) in [6, 6.07) is 14.9. The summed E-state index contributed by atoms with van der Waals surface area (Å²) in [4.78, 5) is 31.3. The number of benzene rings is 2. The van der Waals surface area contributed by atoms with Crippen molar-refractivity contribution in [3.63, 3.8) is 0 Å². The number of hydrogen-bond acceptors (Lipinski definition) is 5. The van der Waals surface area contributed by atoms with Gasteiger partial charge in [0, 0.05) is 25.3 Å². The Kier molecular flexibility index (Phi) is 6.66. The van der Waals surface area contributed by atoms with Gasteiger partial charge in [-0.05, 0) is 67.4 Å². The number of rotatable bonds is 5. The van der Waals surface area contributed by atoms with Gasteiger partial charge in [0.15, 0.2) is 11.5 Å². The number of nitrogens with zero attached hydrogens (tertiary/aromatic N) is 2. The molecule has 0 spiro atoms. The lowest BCUT2D eigenvalue weighted by Gasteiger charge is -2.38. The van der Waals surface area contributed by atoms with Crippen molar-refractivity contribution in [1.29, 1.82) is 0 Å². The van der Waals surface area contributed by atoms with Crippen molar-refractivity contribution < 1.29 is 14.3 Å². The zero-order valence-corrected chi connectivity index (χ0v) is 21.8. The van der Waals surface area contributed by atoms with E-state index in [1.165, 1.54) is 43.4 Å². The van der Waals surface area contributed by atoms with E-state index in [2.05, 4.69) is 33.3 Å². The summed E-state index contributed by atoms with van der Waals surface area (Å²) >= 11 is 0. The molecule has 0 radical (unpaired) electrons. The number of likely N-dealkylation sites (N-methyl/N-ethyl adjacent to an activating group) is 1. The first kappa shape index (κ1) is 24.1. The molecule has 1 N–H and O–H groups in total. The van der Waals surface area contributed by atoms with Gasteiger partial charge in [-0.15, -0.1) is 0 Å². The van der Waals surface area contributed by atoms with E-state index in [1.54, 1.807) is 0 Å². The average Bonchev–Trinajstić information content (AvgIpc) is 3.47. The lowest BCUT2D eigenvalue weighted by molar-refractivity contribution is -0.123. The highest BCUT2D eigenvalue weighted by Crippen LogP contribution is 2.42. The van der Waals surface area contributed by atoms with E-state index in [0.29, 0.717) is 37.1 Å². The minimum Gasteiger partial charge on any atom is -0.489 e. The normalized spacial score (nSPS) is 22.0. The van der Waals surface area contributed by atoms with Crippen LogP contribution in [0.25, 0.3) is 11.1 Å². The van der Waals surface area contributed by atoms with Crippen molar-refractivity contribution in [2.45, 2.75) is 57.4 Å². The molecule has 2 aliphatic carbocycles. The molecule has 2 aliphatic heterocycles. The number of carbonyl (C=O) groups is 2. The van der Waals surface area contributed by atoms with Crippen molar-refractivity contribution in [1.82, 2.24) is 10.2 Å². The van der Waals surface area contributed by atoms with Gasteiger partial charge in [0.1, 0.15) is 6.61 Å². The van der Waals surface area contributed by atoms with Crippen LogP contribution < -0.4 is 15.0 Å². The number of carbonyl (C=O) groups excluding carboxylic acids is 2. The van der Waals surface area contributed by atoms with Gasteiger partial charge in [-0.3, -0.25) is 9.59 Å². The lowest BCUT2D eigenvalue weighted by Crippen LogP contribution is -2.44. The molecular weight excluding hydrogens is 462 g/mol.